The predicted octanol–water partition coefficient (Wildman–Crippen LogP) is 1.11. The standard InChI is InChI=1S/C10H23N3O/c1-5-6-9(7-14-4)13-10(11)12-8(2)3/h8-9H,5-7H2,1-4H3,(H3,11,12,13). The van der Waals surface area contributed by atoms with E-state index < -0.39 is 0 Å². The molecule has 0 amide bonds. The fourth-order valence-electron chi connectivity index (χ4n) is 1.24. The predicted molar refractivity (Wildman–Crippen MR) is 60.5 cm³/mol. The number of methoxy groups -OCH3 is 1. The summed E-state index contributed by atoms with van der Waals surface area (Å²) in [7, 11) is 1.68. The molecule has 1 unspecified atom stereocenters. The normalized spacial score (nSPS) is 14.5. The highest BCUT2D eigenvalue weighted by molar-refractivity contribution is 5.78. The van der Waals surface area contributed by atoms with Crippen LogP contribution in [0.1, 0.15) is 33.6 Å². The maximum Gasteiger partial charge on any atom is 0.189 e. The van der Waals surface area contributed by atoms with Crippen LogP contribution in [0.2, 0.25) is 0 Å². The molecule has 4 nitrogen and oxygen atoms in total. The van der Waals surface area contributed by atoms with E-state index >= 15 is 0 Å². The van der Waals surface area contributed by atoms with Gasteiger partial charge in [0.1, 0.15) is 0 Å². The Morgan fingerprint density at radius 1 is 1.50 bits per heavy atom. The van der Waals surface area contributed by atoms with Crippen molar-refractivity contribution < 1.29 is 4.74 Å². The zero-order chi connectivity index (χ0) is 11.0. The minimum Gasteiger partial charge on any atom is -0.382 e. The van der Waals surface area contributed by atoms with Crippen molar-refractivity contribution in [1.29, 1.82) is 0 Å². The molecule has 0 rings (SSSR count). The average Bonchev–Trinajstić information content (AvgIpc) is 2.03. The number of nitrogens with two attached hydrogens (primary N) is 1. The number of hydrogen-bond donors (Lipinski definition) is 2. The number of rotatable bonds is 6. The molecule has 0 aliphatic carbocycles. The van der Waals surface area contributed by atoms with E-state index in [0.29, 0.717) is 18.6 Å². The molecule has 0 aliphatic heterocycles. The highest BCUT2D eigenvalue weighted by Gasteiger charge is 2.06. The Kier molecular flexibility index (Phi) is 7.20. The van der Waals surface area contributed by atoms with Gasteiger partial charge in [-0.15, -0.1) is 0 Å². The zero-order valence-corrected chi connectivity index (χ0v) is 9.71. The molecular weight excluding hydrogens is 178 g/mol. The van der Waals surface area contributed by atoms with Gasteiger partial charge in [-0.25, -0.2) is 4.99 Å². The van der Waals surface area contributed by atoms with Crippen molar-refractivity contribution in [2.45, 2.75) is 45.7 Å². The van der Waals surface area contributed by atoms with Crippen LogP contribution in [0.25, 0.3) is 0 Å². The van der Waals surface area contributed by atoms with E-state index in [0.717, 1.165) is 12.8 Å². The molecule has 84 valence electrons. The summed E-state index contributed by atoms with van der Waals surface area (Å²) in [6, 6.07) is 0.500. The summed E-state index contributed by atoms with van der Waals surface area (Å²) >= 11 is 0. The fraction of sp³-hybridized carbons (Fsp3) is 0.900. The molecule has 0 aliphatic rings. The molecule has 4 heteroatoms. The monoisotopic (exact) mass is 201 g/mol. The highest BCUT2D eigenvalue weighted by Crippen LogP contribution is 2.01. The summed E-state index contributed by atoms with van der Waals surface area (Å²) in [4.78, 5) is 4.35. The molecule has 0 radical (unpaired) electrons. The maximum atomic E-state index is 5.72. The van der Waals surface area contributed by atoms with Gasteiger partial charge in [0.05, 0.1) is 12.6 Å². The third-order valence-electron chi connectivity index (χ3n) is 1.74. The second-order valence-electron chi connectivity index (χ2n) is 3.71. The molecule has 0 aromatic carbocycles. The largest absolute Gasteiger partial charge is 0.382 e. The average molecular weight is 201 g/mol. The van der Waals surface area contributed by atoms with Crippen LogP contribution in [-0.2, 0) is 4.74 Å². The number of nitrogens with zero attached hydrogens (tertiary/aromatic N) is 1. The Bertz CT molecular complexity index is 163. The van der Waals surface area contributed by atoms with Gasteiger partial charge in [0, 0.05) is 13.2 Å². The lowest BCUT2D eigenvalue weighted by atomic mass is 10.2. The molecule has 0 saturated carbocycles. The first-order chi connectivity index (χ1) is 6.60. The molecule has 0 bridgehead atoms. The van der Waals surface area contributed by atoms with Crippen LogP contribution in [0.3, 0.4) is 0 Å². The molecule has 1 atom stereocenters. The summed E-state index contributed by atoms with van der Waals surface area (Å²) < 4.78 is 5.07. The minimum absolute atomic E-state index is 0.177. The van der Waals surface area contributed by atoms with Gasteiger partial charge in [0.2, 0.25) is 0 Å². The Morgan fingerprint density at radius 3 is 2.57 bits per heavy atom. The molecule has 14 heavy (non-hydrogen) atoms. The molecule has 0 heterocycles. The minimum atomic E-state index is 0.177. The third-order valence-corrected chi connectivity index (χ3v) is 1.74. The summed E-state index contributed by atoms with van der Waals surface area (Å²) in [5.74, 6) is 0.510. The number of ether oxygens (including phenoxy) is 1. The highest BCUT2D eigenvalue weighted by atomic mass is 16.5. The molecule has 3 N–H and O–H groups in total. The Balaban J connectivity index is 4.08. The van der Waals surface area contributed by atoms with Crippen LogP contribution < -0.4 is 11.1 Å². The molecule has 0 fully saturated rings. The lowest BCUT2D eigenvalue weighted by molar-refractivity contribution is 0.177. The van der Waals surface area contributed by atoms with Gasteiger partial charge in [-0.05, 0) is 20.3 Å². The molecule has 0 aromatic rings. The Labute approximate surface area is 86.9 Å². The first-order valence-electron chi connectivity index (χ1n) is 5.18. The SMILES string of the molecule is CCCC(COC)N=C(N)NC(C)C. The van der Waals surface area contributed by atoms with Crippen LogP contribution in [0.4, 0.5) is 0 Å². The van der Waals surface area contributed by atoms with E-state index in [-0.39, 0.29) is 6.04 Å². The number of aliphatic imine (C=N–C) groups is 1. The van der Waals surface area contributed by atoms with E-state index in [2.05, 4.69) is 17.2 Å². The third kappa shape index (κ3) is 6.71. The van der Waals surface area contributed by atoms with Crippen molar-refractivity contribution >= 4 is 5.96 Å². The maximum absolute atomic E-state index is 5.72. The molecule has 0 spiro atoms. The number of nitrogens with one attached hydrogen (secondary N) is 1. The Morgan fingerprint density at radius 2 is 2.14 bits per heavy atom. The molecule has 0 saturated heterocycles. The van der Waals surface area contributed by atoms with Crippen molar-refractivity contribution in [1.82, 2.24) is 5.32 Å². The van der Waals surface area contributed by atoms with Crippen LogP contribution in [0, 0.1) is 0 Å². The van der Waals surface area contributed by atoms with Gasteiger partial charge in [-0.3, -0.25) is 0 Å². The first kappa shape index (κ1) is 13.2. The van der Waals surface area contributed by atoms with Crippen LogP contribution >= 0.6 is 0 Å². The van der Waals surface area contributed by atoms with Gasteiger partial charge in [-0.2, -0.15) is 0 Å². The van der Waals surface area contributed by atoms with E-state index in [1.54, 1.807) is 7.11 Å². The topological polar surface area (TPSA) is 59.6 Å². The van der Waals surface area contributed by atoms with E-state index in [9.17, 15) is 0 Å². The Hall–Kier alpha value is -0.770. The van der Waals surface area contributed by atoms with Crippen LogP contribution in [-0.4, -0.2) is 31.8 Å². The van der Waals surface area contributed by atoms with E-state index in [1.807, 2.05) is 13.8 Å². The summed E-state index contributed by atoms with van der Waals surface area (Å²) in [5.41, 5.74) is 5.72. The van der Waals surface area contributed by atoms with E-state index in [1.165, 1.54) is 0 Å². The van der Waals surface area contributed by atoms with Gasteiger partial charge in [0.25, 0.3) is 0 Å². The number of hydrogen-bond acceptors (Lipinski definition) is 2. The lowest BCUT2D eigenvalue weighted by Crippen LogP contribution is -2.38. The summed E-state index contributed by atoms with van der Waals surface area (Å²) in [6.45, 7) is 6.83. The second kappa shape index (κ2) is 7.62. The smallest absolute Gasteiger partial charge is 0.189 e. The van der Waals surface area contributed by atoms with Crippen molar-refractivity contribution in [3.63, 3.8) is 0 Å². The quantitative estimate of drug-likeness (QED) is 0.500. The second-order valence-corrected chi connectivity index (χ2v) is 3.71. The van der Waals surface area contributed by atoms with Crippen molar-refractivity contribution in [3.05, 3.63) is 0 Å². The van der Waals surface area contributed by atoms with Crippen LogP contribution in [0.5, 0.6) is 0 Å². The van der Waals surface area contributed by atoms with Gasteiger partial charge < -0.3 is 15.8 Å². The van der Waals surface area contributed by atoms with Gasteiger partial charge >= 0.3 is 0 Å². The lowest BCUT2D eigenvalue weighted by Gasteiger charge is -2.14. The zero-order valence-electron chi connectivity index (χ0n) is 9.71. The van der Waals surface area contributed by atoms with E-state index in [4.69, 9.17) is 10.5 Å². The molecular formula is C10H23N3O. The first-order valence-corrected chi connectivity index (χ1v) is 5.18. The fourth-order valence-corrected chi connectivity index (χ4v) is 1.24. The van der Waals surface area contributed by atoms with Crippen molar-refractivity contribution in [2.24, 2.45) is 10.7 Å². The van der Waals surface area contributed by atoms with Gasteiger partial charge in [0.15, 0.2) is 5.96 Å². The summed E-state index contributed by atoms with van der Waals surface area (Å²) in [5, 5.41) is 3.06. The number of guanidine groups is 1. The summed E-state index contributed by atoms with van der Waals surface area (Å²) in [6.07, 6.45) is 2.10. The van der Waals surface area contributed by atoms with Gasteiger partial charge in [-0.1, -0.05) is 13.3 Å². The van der Waals surface area contributed by atoms with Crippen LogP contribution in [0.15, 0.2) is 4.99 Å². The molecule has 0 aromatic heterocycles. The van der Waals surface area contributed by atoms with Crippen molar-refractivity contribution in [3.8, 4) is 0 Å². The van der Waals surface area contributed by atoms with Crippen molar-refractivity contribution in [2.75, 3.05) is 13.7 Å².